The highest BCUT2D eigenvalue weighted by Gasteiger charge is 2.24. The number of nitrogens with zero attached hydrogens (tertiary/aromatic N) is 3. The first kappa shape index (κ1) is 15.4. The average Bonchev–Trinajstić information content (AvgIpc) is 2.57. The Kier molecular flexibility index (Phi) is 5.40. The number of amides is 1. The fraction of sp³-hybridized carbons (Fsp3) is 0.647. The number of carbonyl (C=O) groups excluding carboxylic acids is 1. The van der Waals surface area contributed by atoms with Crippen LogP contribution < -0.4 is 0 Å². The van der Waals surface area contributed by atoms with Gasteiger partial charge in [0.25, 0.3) is 0 Å². The number of pyridine rings is 1. The van der Waals surface area contributed by atoms with Crippen LogP contribution in [0.2, 0.25) is 0 Å². The van der Waals surface area contributed by atoms with Crippen LogP contribution in [0.5, 0.6) is 0 Å². The Morgan fingerprint density at radius 3 is 2.50 bits per heavy atom. The van der Waals surface area contributed by atoms with Crippen molar-refractivity contribution in [1.29, 1.82) is 0 Å². The Bertz CT molecular complexity index is 466. The molecule has 0 bridgehead atoms. The van der Waals surface area contributed by atoms with E-state index < -0.39 is 0 Å². The van der Waals surface area contributed by atoms with Gasteiger partial charge >= 0.3 is 0 Å². The zero-order valence-corrected chi connectivity index (χ0v) is 13.1. The van der Waals surface area contributed by atoms with E-state index in [0.717, 1.165) is 58.7 Å². The van der Waals surface area contributed by atoms with Gasteiger partial charge in [0, 0.05) is 38.6 Å². The highest BCUT2D eigenvalue weighted by molar-refractivity contribution is 5.78. The minimum absolute atomic E-state index is 0.282. The van der Waals surface area contributed by atoms with Crippen molar-refractivity contribution in [3.63, 3.8) is 0 Å². The first-order valence-corrected chi connectivity index (χ1v) is 8.28. The molecular formula is C17H25N3O2. The average molecular weight is 303 g/mol. The van der Waals surface area contributed by atoms with E-state index in [1.54, 1.807) is 0 Å². The van der Waals surface area contributed by atoms with E-state index in [-0.39, 0.29) is 5.91 Å². The molecule has 0 aliphatic carbocycles. The summed E-state index contributed by atoms with van der Waals surface area (Å²) in [5.74, 6) is 0.971. The highest BCUT2D eigenvalue weighted by atomic mass is 16.5. The zero-order valence-electron chi connectivity index (χ0n) is 13.1. The summed E-state index contributed by atoms with van der Waals surface area (Å²) < 4.78 is 5.33. The van der Waals surface area contributed by atoms with Gasteiger partial charge in [-0.15, -0.1) is 0 Å². The van der Waals surface area contributed by atoms with Crippen molar-refractivity contribution >= 4 is 5.91 Å². The fourth-order valence-electron chi connectivity index (χ4n) is 3.29. The molecule has 2 aliphatic heterocycles. The first-order chi connectivity index (χ1) is 10.8. The molecule has 0 unspecified atom stereocenters. The van der Waals surface area contributed by atoms with Gasteiger partial charge in [-0.3, -0.25) is 14.7 Å². The summed E-state index contributed by atoms with van der Waals surface area (Å²) in [6.07, 6.45) is 7.04. The minimum atomic E-state index is 0.282. The van der Waals surface area contributed by atoms with Crippen molar-refractivity contribution in [2.24, 2.45) is 5.92 Å². The molecule has 3 rings (SSSR count). The van der Waals surface area contributed by atoms with Gasteiger partial charge in [0.1, 0.15) is 0 Å². The second kappa shape index (κ2) is 7.70. The Hall–Kier alpha value is -1.46. The summed E-state index contributed by atoms with van der Waals surface area (Å²) in [6, 6.07) is 4.19. The molecule has 0 aromatic carbocycles. The highest BCUT2D eigenvalue weighted by Crippen LogP contribution is 2.21. The summed E-state index contributed by atoms with van der Waals surface area (Å²) >= 11 is 0. The molecule has 0 radical (unpaired) electrons. The van der Waals surface area contributed by atoms with Crippen LogP contribution in [0.3, 0.4) is 0 Å². The summed E-state index contributed by atoms with van der Waals surface area (Å²) in [7, 11) is 0. The number of likely N-dealkylation sites (tertiary alicyclic amines) is 1. The number of carbonyl (C=O) groups is 1. The third-order valence-electron chi connectivity index (χ3n) is 4.70. The van der Waals surface area contributed by atoms with Gasteiger partial charge < -0.3 is 9.64 Å². The monoisotopic (exact) mass is 303 g/mol. The normalized spacial score (nSPS) is 21.0. The number of ether oxygens (including phenoxy) is 1. The van der Waals surface area contributed by atoms with Crippen molar-refractivity contribution in [3.8, 4) is 0 Å². The number of morpholine rings is 1. The van der Waals surface area contributed by atoms with Crippen molar-refractivity contribution in [2.45, 2.75) is 19.3 Å². The molecular weight excluding hydrogens is 278 g/mol. The predicted molar refractivity (Wildman–Crippen MR) is 84.5 cm³/mol. The maximum absolute atomic E-state index is 12.4. The summed E-state index contributed by atoms with van der Waals surface area (Å²) in [5.41, 5.74) is 1.35. The Labute approximate surface area is 132 Å². The predicted octanol–water partition coefficient (Wildman–Crippen LogP) is 1.19. The number of aromatic nitrogens is 1. The van der Waals surface area contributed by atoms with E-state index in [1.165, 1.54) is 5.56 Å². The van der Waals surface area contributed by atoms with Crippen molar-refractivity contribution in [3.05, 3.63) is 30.1 Å². The summed E-state index contributed by atoms with van der Waals surface area (Å²) in [6.45, 7) is 5.62. The topological polar surface area (TPSA) is 45.7 Å². The smallest absolute Gasteiger partial charge is 0.236 e. The van der Waals surface area contributed by atoms with Gasteiger partial charge in [0.15, 0.2) is 0 Å². The lowest BCUT2D eigenvalue weighted by molar-refractivity contribution is -0.134. The number of rotatable bonds is 4. The van der Waals surface area contributed by atoms with Crippen LogP contribution in [0.1, 0.15) is 18.4 Å². The minimum Gasteiger partial charge on any atom is -0.379 e. The summed E-state index contributed by atoms with van der Waals surface area (Å²) in [4.78, 5) is 20.7. The lowest BCUT2D eigenvalue weighted by atomic mass is 9.90. The zero-order chi connectivity index (χ0) is 15.2. The van der Waals surface area contributed by atoms with Crippen LogP contribution in [0.4, 0.5) is 0 Å². The maximum atomic E-state index is 12.4. The Morgan fingerprint density at radius 2 is 1.82 bits per heavy atom. The lowest BCUT2D eigenvalue weighted by Crippen LogP contribution is -2.47. The Morgan fingerprint density at radius 1 is 1.14 bits per heavy atom. The third kappa shape index (κ3) is 4.27. The second-order valence-corrected chi connectivity index (χ2v) is 6.27. The van der Waals surface area contributed by atoms with Crippen LogP contribution in [0, 0.1) is 5.92 Å². The lowest BCUT2D eigenvalue weighted by Gasteiger charge is -2.34. The Balaban J connectivity index is 1.42. The van der Waals surface area contributed by atoms with Crippen LogP contribution in [-0.4, -0.2) is 66.6 Å². The largest absolute Gasteiger partial charge is 0.379 e. The molecule has 3 heterocycles. The van der Waals surface area contributed by atoms with E-state index in [4.69, 9.17) is 4.74 Å². The van der Waals surface area contributed by atoms with Gasteiger partial charge in [-0.25, -0.2) is 0 Å². The van der Waals surface area contributed by atoms with E-state index in [0.29, 0.717) is 12.5 Å². The molecule has 2 saturated heterocycles. The fourth-order valence-corrected chi connectivity index (χ4v) is 3.29. The SMILES string of the molecule is O=C(CN1CCOCC1)N1CCC(Cc2ccncc2)CC1. The molecule has 0 spiro atoms. The molecule has 5 heteroatoms. The van der Waals surface area contributed by atoms with E-state index in [2.05, 4.69) is 22.0 Å². The van der Waals surface area contributed by atoms with Crippen LogP contribution in [0.15, 0.2) is 24.5 Å². The molecule has 1 aromatic heterocycles. The third-order valence-corrected chi connectivity index (χ3v) is 4.70. The van der Waals surface area contributed by atoms with Crippen molar-refractivity contribution < 1.29 is 9.53 Å². The molecule has 1 aromatic rings. The van der Waals surface area contributed by atoms with E-state index in [9.17, 15) is 4.79 Å². The van der Waals surface area contributed by atoms with Gasteiger partial charge in [0.05, 0.1) is 19.8 Å². The van der Waals surface area contributed by atoms with Gasteiger partial charge in [-0.1, -0.05) is 0 Å². The second-order valence-electron chi connectivity index (χ2n) is 6.27. The molecule has 0 N–H and O–H groups in total. The molecule has 5 nitrogen and oxygen atoms in total. The van der Waals surface area contributed by atoms with Gasteiger partial charge in [-0.2, -0.15) is 0 Å². The molecule has 120 valence electrons. The van der Waals surface area contributed by atoms with Crippen molar-refractivity contribution in [2.75, 3.05) is 45.9 Å². The number of hydrogen-bond donors (Lipinski definition) is 0. The molecule has 22 heavy (non-hydrogen) atoms. The molecule has 2 fully saturated rings. The van der Waals surface area contributed by atoms with Crippen LogP contribution in [-0.2, 0) is 16.0 Å². The van der Waals surface area contributed by atoms with E-state index >= 15 is 0 Å². The van der Waals surface area contributed by atoms with Gasteiger partial charge in [-0.05, 0) is 42.9 Å². The first-order valence-electron chi connectivity index (χ1n) is 8.28. The van der Waals surface area contributed by atoms with Gasteiger partial charge in [0.2, 0.25) is 5.91 Å². The van der Waals surface area contributed by atoms with Crippen molar-refractivity contribution in [1.82, 2.24) is 14.8 Å². The quantitative estimate of drug-likeness (QED) is 0.838. The standard InChI is InChI=1S/C17H25N3O2/c21-17(14-19-9-11-22-12-10-19)20-7-3-16(4-8-20)13-15-1-5-18-6-2-15/h1-2,5-6,16H,3-4,7-14H2. The molecule has 1 amide bonds. The number of piperidine rings is 1. The number of hydrogen-bond acceptors (Lipinski definition) is 4. The molecule has 0 atom stereocenters. The maximum Gasteiger partial charge on any atom is 0.236 e. The van der Waals surface area contributed by atoms with Crippen LogP contribution in [0.25, 0.3) is 0 Å². The molecule has 2 aliphatic rings. The molecule has 0 saturated carbocycles. The van der Waals surface area contributed by atoms with E-state index in [1.807, 2.05) is 17.3 Å². The summed E-state index contributed by atoms with van der Waals surface area (Å²) in [5, 5.41) is 0. The van der Waals surface area contributed by atoms with Crippen LogP contribution >= 0.6 is 0 Å².